The lowest BCUT2D eigenvalue weighted by molar-refractivity contribution is 0.669. The van der Waals surface area contributed by atoms with E-state index in [1.807, 2.05) is 72.8 Å². The van der Waals surface area contributed by atoms with Gasteiger partial charge in [0.1, 0.15) is 17.0 Å². The number of fused-ring (bicyclic) bond motifs is 3. The lowest BCUT2D eigenvalue weighted by Crippen LogP contribution is -2.08. The highest BCUT2D eigenvalue weighted by atomic mass is 16.3. The van der Waals surface area contributed by atoms with Gasteiger partial charge in [-0.05, 0) is 29.7 Å². The van der Waals surface area contributed by atoms with Crippen molar-refractivity contribution in [3.8, 4) is 33.9 Å². The third kappa shape index (κ3) is 4.15. The third-order valence-electron chi connectivity index (χ3n) is 7.56. The lowest BCUT2D eigenvalue weighted by atomic mass is 9.88. The van der Waals surface area contributed by atoms with Crippen LogP contribution in [0.1, 0.15) is 29.8 Å². The van der Waals surface area contributed by atoms with Crippen LogP contribution in [0.15, 0.2) is 126 Å². The second-order valence-corrected chi connectivity index (χ2v) is 10.1. The largest absolute Gasteiger partial charge is 0.455 e. The first-order valence-corrected chi connectivity index (χ1v) is 13.5. The third-order valence-corrected chi connectivity index (χ3v) is 7.56. The van der Waals surface area contributed by atoms with Crippen molar-refractivity contribution in [2.75, 3.05) is 0 Å². The van der Waals surface area contributed by atoms with E-state index in [9.17, 15) is 0 Å². The number of para-hydroxylation sites is 1. The molecule has 0 saturated carbocycles. The van der Waals surface area contributed by atoms with Crippen molar-refractivity contribution >= 4 is 21.9 Å². The molecule has 0 radical (unpaired) electrons. The first-order chi connectivity index (χ1) is 19.7. The van der Waals surface area contributed by atoms with Crippen LogP contribution in [0.4, 0.5) is 0 Å². The molecule has 4 nitrogen and oxygen atoms in total. The van der Waals surface area contributed by atoms with Crippen molar-refractivity contribution in [2.45, 2.75) is 19.8 Å². The first-order valence-electron chi connectivity index (χ1n) is 13.5. The van der Waals surface area contributed by atoms with Gasteiger partial charge in [0.15, 0.2) is 11.6 Å². The van der Waals surface area contributed by atoms with Crippen LogP contribution in [-0.2, 0) is 0 Å². The Morgan fingerprint density at radius 2 is 1.18 bits per heavy atom. The van der Waals surface area contributed by atoms with Gasteiger partial charge in [-0.15, -0.1) is 0 Å². The van der Waals surface area contributed by atoms with Crippen LogP contribution in [0.3, 0.4) is 0 Å². The molecule has 192 valence electrons. The van der Waals surface area contributed by atoms with E-state index < -0.39 is 0 Å². The van der Waals surface area contributed by atoms with E-state index in [4.69, 9.17) is 19.4 Å². The number of rotatable bonds is 5. The molecule has 40 heavy (non-hydrogen) atoms. The number of benzene rings is 5. The molecule has 7 aromatic rings. The Bertz CT molecular complexity index is 1920. The molecular weight excluding hydrogens is 490 g/mol. The van der Waals surface area contributed by atoms with Crippen molar-refractivity contribution in [1.29, 1.82) is 0 Å². The summed E-state index contributed by atoms with van der Waals surface area (Å²) in [6.45, 7) is 4.32. The number of hydrogen-bond donors (Lipinski definition) is 0. The molecule has 0 aliphatic carbocycles. The van der Waals surface area contributed by atoms with Crippen molar-refractivity contribution in [3.05, 3.63) is 138 Å². The van der Waals surface area contributed by atoms with Crippen LogP contribution in [0.2, 0.25) is 0 Å². The maximum Gasteiger partial charge on any atom is 0.163 e. The van der Waals surface area contributed by atoms with Crippen molar-refractivity contribution < 1.29 is 4.42 Å². The van der Waals surface area contributed by atoms with Gasteiger partial charge in [0, 0.05) is 33.4 Å². The molecule has 4 heteroatoms. The molecule has 5 aromatic carbocycles. The average Bonchev–Trinajstić information content (AvgIpc) is 3.40. The van der Waals surface area contributed by atoms with Gasteiger partial charge >= 0.3 is 0 Å². The number of furan rings is 1. The average molecular weight is 518 g/mol. The van der Waals surface area contributed by atoms with Gasteiger partial charge in [0.2, 0.25) is 0 Å². The monoisotopic (exact) mass is 517 g/mol. The molecule has 2 aromatic heterocycles. The van der Waals surface area contributed by atoms with E-state index in [-0.39, 0.29) is 5.92 Å². The zero-order valence-electron chi connectivity index (χ0n) is 22.4. The highest BCUT2D eigenvalue weighted by molar-refractivity contribution is 6.10. The smallest absolute Gasteiger partial charge is 0.163 e. The summed E-state index contributed by atoms with van der Waals surface area (Å²) in [6.07, 6.45) is 0. The summed E-state index contributed by atoms with van der Waals surface area (Å²) in [5.41, 5.74) is 8.27. The quantitative estimate of drug-likeness (QED) is 0.228. The van der Waals surface area contributed by atoms with E-state index in [1.165, 1.54) is 0 Å². The number of hydrogen-bond acceptors (Lipinski definition) is 4. The molecule has 0 aliphatic heterocycles. The van der Waals surface area contributed by atoms with Crippen LogP contribution >= 0.6 is 0 Å². The molecule has 0 fully saturated rings. The molecule has 1 unspecified atom stereocenters. The van der Waals surface area contributed by atoms with Crippen LogP contribution < -0.4 is 0 Å². The minimum Gasteiger partial charge on any atom is -0.455 e. The molecule has 0 saturated heterocycles. The summed E-state index contributed by atoms with van der Waals surface area (Å²) in [6, 6.07) is 41.3. The maximum absolute atomic E-state index is 6.47. The Labute approximate surface area is 233 Å². The van der Waals surface area contributed by atoms with Gasteiger partial charge < -0.3 is 4.42 Å². The second kappa shape index (κ2) is 9.90. The zero-order chi connectivity index (χ0) is 27.1. The Morgan fingerprint density at radius 1 is 0.575 bits per heavy atom. The van der Waals surface area contributed by atoms with Gasteiger partial charge in [-0.25, -0.2) is 15.0 Å². The standard InChI is InChI=1S/C36H27N3O/c1-23-21-22-30-28-18-11-12-20-31(28)40-33(30)32(23)29-19-10-9-17-27(29)24(2)34-37-35(25-13-5-3-6-14-25)39-36(38-34)26-15-7-4-8-16-26/h3-22,24H,1-2H3. The molecule has 0 spiro atoms. The molecule has 0 N–H and O–H groups in total. The normalized spacial score (nSPS) is 12.2. The van der Waals surface area contributed by atoms with Gasteiger partial charge in [-0.2, -0.15) is 0 Å². The van der Waals surface area contributed by atoms with E-state index in [1.54, 1.807) is 0 Å². The maximum atomic E-state index is 6.47. The predicted molar refractivity (Wildman–Crippen MR) is 162 cm³/mol. The van der Waals surface area contributed by atoms with Gasteiger partial charge in [0.25, 0.3) is 0 Å². The molecule has 0 amide bonds. The summed E-state index contributed by atoms with van der Waals surface area (Å²) < 4.78 is 6.47. The fourth-order valence-corrected chi connectivity index (χ4v) is 5.48. The van der Waals surface area contributed by atoms with Crippen LogP contribution in [0, 0.1) is 6.92 Å². The minimum atomic E-state index is -0.0943. The van der Waals surface area contributed by atoms with Gasteiger partial charge in [-0.1, -0.05) is 122 Å². The molecule has 2 heterocycles. The Kier molecular flexibility index (Phi) is 5.94. The summed E-state index contributed by atoms with van der Waals surface area (Å²) in [5.74, 6) is 1.98. The molecular formula is C36H27N3O. The van der Waals surface area contributed by atoms with E-state index in [0.29, 0.717) is 11.6 Å². The van der Waals surface area contributed by atoms with E-state index >= 15 is 0 Å². The van der Waals surface area contributed by atoms with Gasteiger partial charge in [-0.3, -0.25) is 0 Å². The van der Waals surface area contributed by atoms with Gasteiger partial charge in [0.05, 0.1) is 0 Å². The van der Waals surface area contributed by atoms with Crippen LogP contribution in [-0.4, -0.2) is 15.0 Å². The highest BCUT2D eigenvalue weighted by Gasteiger charge is 2.22. The summed E-state index contributed by atoms with van der Waals surface area (Å²) in [5, 5.41) is 2.25. The molecule has 0 aliphatic rings. The molecule has 0 bridgehead atoms. The second-order valence-electron chi connectivity index (χ2n) is 10.1. The predicted octanol–water partition coefficient (Wildman–Crippen LogP) is 9.23. The minimum absolute atomic E-state index is 0.0943. The number of aryl methyl sites for hydroxylation is 1. The lowest BCUT2D eigenvalue weighted by Gasteiger charge is -2.18. The number of nitrogens with zero attached hydrogens (tertiary/aromatic N) is 3. The van der Waals surface area contributed by atoms with Crippen LogP contribution in [0.25, 0.3) is 55.8 Å². The first kappa shape index (κ1) is 24.0. The highest BCUT2D eigenvalue weighted by Crippen LogP contribution is 2.41. The zero-order valence-corrected chi connectivity index (χ0v) is 22.4. The fraction of sp³-hybridized carbons (Fsp3) is 0.0833. The van der Waals surface area contributed by atoms with Crippen molar-refractivity contribution in [1.82, 2.24) is 15.0 Å². The van der Waals surface area contributed by atoms with Crippen molar-refractivity contribution in [3.63, 3.8) is 0 Å². The van der Waals surface area contributed by atoms with E-state index in [2.05, 4.69) is 62.4 Å². The van der Waals surface area contributed by atoms with E-state index in [0.717, 1.165) is 61.1 Å². The SMILES string of the molecule is Cc1ccc2c(oc3ccccc32)c1-c1ccccc1C(C)c1nc(-c2ccccc2)nc(-c2ccccc2)n1. The summed E-state index contributed by atoms with van der Waals surface area (Å²) in [7, 11) is 0. The Morgan fingerprint density at radius 3 is 1.88 bits per heavy atom. The molecule has 7 rings (SSSR count). The fourth-order valence-electron chi connectivity index (χ4n) is 5.48. The Balaban J connectivity index is 1.42. The van der Waals surface area contributed by atoms with Crippen LogP contribution in [0.5, 0.6) is 0 Å². The summed E-state index contributed by atoms with van der Waals surface area (Å²) in [4.78, 5) is 14.9. The molecule has 1 atom stereocenters. The Hall–Kier alpha value is -5.09. The topological polar surface area (TPSA) is 51.8 Å². The summed E-state index contributed by atoms with van der Waals surface area (Å²) >= 11 is 0. The number of aromatic nitrogens is 3. The van der Waals surface area contributed by atoms with Crippen molar-refractivity contribution in [2.24, 2.45) is 0 Å².